The van der Waals surface area contributed by atoms with Gasteiger partial charge in [-0.05, 0) is 23.8 Å². The molecule has 1 aliphatic heterocycles. The molecule has 0 radical (unpaired) electrons. The highest BCUT2D eigenvalue weighted by Crippen LogP contribution is 2.35. The Kier molecular flexibility index (Phi) is 6.72. The van der Waals surface area contributed by atoms with Crippen LogP contribution in [0.3, 0.4) is 0 Å². The lowest BCUT2D eigenvalue weighted by Crippen LogP contribution is -2.45. The van der Waals surface area contributed by atoms with Gasteiger partial charge >= 0.3 is 11.9 Å². The molecule has 1 heterocycles. The van der Waals surface area contributed by atoms with Crippen LogP contribution in [0.2, 0.25) is 0 Å². The molecule has 1 aliphatic rings. The van der Waals surface area contributed by atoms with E-state index in [9.17, 15) is 19.5 Å². The van der Waals surface area contributed by atoms with Gasteiger partial charge in [-0.1, -0.05) is 36.1 Å². The number of aliphatic carboxylic acids is 2. The number of aliphatic hydroxyl groups is 1. The molecule has 1 aromatic rings. The molecule has 3 N–H and O–H groups in total. The Morgan fingerprint density at radius 1 is 1.35 bits per heavy atom. The minimum Gasteiger partial charge on any atom is -0.491 e. The predicted molar refractivity (Wildman–Crippen MR) is 97.7 cm³/mol. The van der Waals surface area contributed by atoms with Crippen LogP contribution in [0.15, 0.2) is 29.2 Å². The van der Waals surface area contributed by atoms with Gasteiger partial charge in [0, 0.05) is 0 Å². The van der Waals surface area contributed by atoms with Gasteiger partial charge in [-0.25, -0.2) is 4.79 Å². The van der Waals surface area contributed by atoms with E-state index >= 15 is 0 Å². The van der Waals surface area contributed by atoms with Crippen LogP contribution < -0.4 is 4.74 Å². The third kappa shape index (κ3) is 4.81. The second-order valence-corrected chi connectivity index (χ2v) is 6.82. The average Bonchev–Trinajstić information content (AvgIpc) is 2.84. The first-order valence-corrected chi connectivity index (χ1v) is 8.61. The lowest BCUT2D eigenvalue weighted by atomic mass is 10.1. The fourth-order valence-electron chi connectivity index (χ4n) is 2.21. The quantitative estimate of drug-likeness (QED) is 0.438. The number of benzene rings is 1. The normalized spacial score (nSPS) is 16.8. The minimum absolute atomic E-state index is 0.0115. The number of hydrogen-bond acceptors (Lipinski definition) is 7. The van der Waals surface area contributed by atoms with Crippen molar-refractivity contribution < 1.29 is 34.4 Å². The zero-order valence-corrected chi connectivity index (χ0v) is 15.0. The molecule has 1 amide bonds. The Balaban J connectivity index is 2.26. The van der Waals surface area contributed by atoms with Crippen molar-refractivity contribution in [3.05, 3.63) is 34.7 Å². The summed E-state index contributed by atoms with van der Waals surface area (Å²) in [6.07, 6.45) is 0.768. The average molecular weight is 397 g/mol. The molecule has 0 bridgehead atoms. The largest absolute Gasteiger partial charge is 0.491 e. The van der Waals surface area contributed by atoms with Crippen LogP contribution in [0.25, 0.3) is 6.08 Å². The topological polar surface area (TPSA) is 124 Å². The molecule has 0 saturated carbocycles. The van der Waals surface area contributed by atoms with Gasteiger partial charge in [-0.3, -0.25) is 14.5 Å². The monoisotopic (exact) mass is 397 g/mol. The molecule has 1 fully saturated rings. The Morgan fingerprint density at radius 2 is 2.08 bits per heavy atom. The first-order chi connectivity index (χ1) is 12.3. The summed E-state index contributed by atoms with van der Waals surface area (Å²) < 4.78 is 5.28. The third-order valence-electron chi connectivity index (χ3n) is 3.30. The molecule has 1 aromatic carbocycles. The number of thiocarbonyl (C=S) groups is 1. The predicted octanol–water partition coefficient (Wildman–Crippen LogP) is 1.19. The smallest absolute Gasteiger partial charge is 0.327 e. The van der Waals surface area contributed by atoms with Crippen molar-refractivity contribution in [2.24, 2.45) is 0 Å². The molecule has 0 spiro atoms. The maximum atomic E-state index is 12.5. The molecular formula is C16H15NO7S2. The standard InChI is InChI=1S/C16H15NO7S2/c18-4-5-24-10-3-1-2-9(6-10)7-12-14(21)17(16(25)26-12)11(15(22)23)8-13(19)20/h1-3,6-7,11,18H,4-5,8H2,(H,19,20)(H,22,23)/b12-7+. The molecule has 10 heteroatoms. The second-order valence-electron chi connectivity index (χ2n) is 5.15. The molecule has 0 aliphatic carbocycles. The summed E-state index contributed by atoms with van der Waals surface area (Å²) >= 11 is 5.97. The van der Waals surface area contributed by atoms with Crippen molar-refractivity contribution in [2.75, 3.05) is 13.2 Å². The summed E-state index contributed by atoms with van der Waals surface area (Å²) in [5.74, 6) is -2.94. The van der Waals surface area contributed by atoms with Gasteiger partial charge in [0.1, 0.15) is 22.7 Å². The maximum Gasteiger partial charge on any atom is 0.327 e. The summed E-state index contributed by atoms with van der Waals surface area (Å²) in [6, 6.07) is 5.18. The SMILES string of the molecule is O=C(O)CC(C(=O)O)N1C(=O)/C(=C\c2cccc(OCCO)c2)SC1=S. The highest BCUT2D eigenvalue weighted by atomic mass is 32.2. The van der Waals surface area contributed by atoms with E-state index < -0.39 is 30.3 Å². The summed E-state index contributed by atoms with van der Waals surface area (Å²) in [7, 11) is 0. The fourth-order valence-corrected chi connectivity index (χ4v) is 3.57. The van der Waals surface area contributed by atoms with Crippen LogP contribution in [-0.2, 0) is 14.4 Å². The van der Waals surface area contributed by atoms with Crippen LogP contribution in [-0.4, -0.2) is 61.6 Å². The Bertz CT molecular complexity index is 778. The van der Waals surface area contributed by atoms with Crippen LogP contribution in [0.5, 0.6) is 5.75 Å². The second kappa shape index (κ2) is 8.79. The van der Waals surface area contributed by atoms with Gasteiger partial charge < -0.3 is 20.1 Å². The van der Waals surface area contributed by atoms with E-state index in [0.29, 0.717) is 11.3 Å². The van der Waals surface area contributed by atoms with E-state index in [4.69, 9.17) is 27.2 Å². The zero-order chi connectivity index (χ0) is 19.3. The van der Waals surface area contributed by atoms with Crippen molar-refractivity contribution >= 4 is 52.2 Å². The number of carbonyl (C=O) groups excluding carboxylic acids is 1. The molecule has 0 aromatic heterocycles. The van der Waals surface area contributed by atoms with Gasteiger partial charge in [0.25, 0.3) is 5.91 Å². The van der Waals surface area contributed by atoms with Crippen LogP contribution in [0.1, 0.15) is 12.0 Å². The Labute approximate surface area is 158 Å². The molecule has 26 heavy (non-hydrogen) atoms. The summed E-state index contributed by atoms with van der Waals surface area (Å²) in [5, 5.41) is 26.9. The van der Waals surface area contributed by atoms with Crippen LogP contribution in [0.4, 0.5) is 0 Å². The number of hydrogen-bond donors (Lipinski definition) is 3. The van der Waals surface area contributed by atoms with E-state index in [-0.39, 0.29) is 22.4 Å². The molecule has 8 nitrogen and oxygen atoms in total. The van der Waals surface area contributed by atoms with Crippen molar-refractivity contribution in [2.45, 2.75) is 12.5 Å². The first kappa shape index (κ1) is 19.9. The number of ether oxygens (including phenoxy) is 1. The highest BCUT2D eigenvalue weighted by molar-refractivity contribution is 8.26. The molecule has 138 valence electrons. The lowest BCUT2D eigenvalue weighted by molar-refractivity contribution is -0.150. The van der Waals surface area contributed by atoms with E-state index in [1.807, 2.05) is 0 Å². The van der Waals surface area contributed by atoms with Gasteiger partial charge in [0.2, 0.25) is 0 Å². The molecule has 1 saturated heterocycles. The van der Waals surface area contributed by atoms with Gasteiger partial charge in [-0.2, -0.15) is 0 Å². The van der Waals surface area contributed by atoms with Crippen molar-refractivity contribution in [3.63, 3.8) is 0 Å². The van der Waals surface area contributed by atoms with Gasteiger partial charge in [0.05, 0.1) is 17.9 Å². The van der Waals surface area contributed by atoms with Gasteiger partial charge in [0.15, 0.2) is 0 Å². The number of carbonyl (C=O) groups is 3. The fraction of sp³-hybridized carbons (Fsp3) is 0.250. The van der Waals surface area contributed by atoms with Crippen molar-refractivity contribution in [1.29, 1.82) is 0 Å². The van der Waals surface area contributed by atoms with E-state index in [0.717, 1.165) is 16.7 Å². The number of nitrogens with zero attached hydrogens (tertiary/aromatic N) is 1. The van der Waals surface area contributed by atoms with Crippen molar-refractivity contribution in [1.82, 2.24) is 4.90 Å². The number of carboxylic acids is 2. The van der Waals surface area contributed by atoms with Gasteiger partial charge in [-0.15, -0.1) is 0 Å². The van der Waals surface area contributed by atoms with E-state index in [2.05, 4.69) is 0 Å². The number of thioether (sulfide) groups is 1. The Hall–Kier alpha value is -2.43. The minimum atomic E-state index is -1.56. The van der Waals surface area contributed by atoms with Crippen molar-refractivity contribution in [3.8, 4) is 5.75 Å². The van der Waals surface area contributed by atoms with E-state index in [1.165, 1.54) is 6.08 Å². The molecular weight excluding hydrogens is 382 g/mol. The summed E-state index contributed by atoms with van der Waals surface area (Å²) in [4.78, 5) is 35.8. The number of carboxylic acid groups (broad SMARTS) is 2. The summed E-state index contributed by atoms with van der Waals surface area (Å²) in [5.41, 5.74) is 0.617. The highest BCUT2D eigenvalue weighted by Gasteiger charge is 2.41. The first-order valence-electron chi connectivity index (χ1n) is 7.39. The van der Waals surface area contributed by atoms with Crippen LogP contribution in [0, 0.1) is 0 Å². The number of amides is 1. The summed E-state index contributed by atoms with van der Waals surface area (Å²) in [6.45, 7) is -0.00983. The molecule has 2 rings (SSSR count). The molecule has 1 atom stereocenters. The Morgan fingerprint density at radius 3 is 2.69 bits per heavy atom. The lowest BCUT2D eigenvalue weighted by Gasteiger charge is -2.21. The molecule has 1 unspecified atom stereocenters. The third-order valence-corrected chi connectivity index (χ3v) is 4.63. The number of rotatable bonds is 8. The maximum absolute atomic E-state index is 12.5. The zero-order valence-electron chi connectivity index (χ0n) is 13.3. The van der Waals surface area contributed by atoms with E-state index in [1.54, 1.807) is 24.3 Å². The number of aliphatic hydroxyl groups excluding tert-OH is 1. The van der Waals surface area contributed by atoms with Crippen LogP contribution >= 0.6 is 24.0 Å².